The number of rotatable bonds is 16. The Morgan fingerprint density at radius 1 is 1.05 bits per heavy atom. The zero-order chi connectivity index (χ0) is 29.3. The van der Waals surface area contributed by atoms with Gasteiger partial charge in [-0.25, -0.2) is 4.79 Å². The Kier molecular flexibility index (Phi) is 11.4. The van der Waals surface area contributed by atoms with Crippen molar-refractivity contribution in [1.82, 2.24) is 4.90 Å². The Morgan fingerprint density at radius 2 is 1.71 bits per heavy atom. The number of nitrogens with one attached hydrogen (secondary N) is 1. The van der Waals surface area contributed by atoms with E-state index in [4.69, 9.17) is 23.7 Å². The van der Waals surface area contributed by atoms with E-state index in [0.29, 0.717) is 18.8 Å². The summed E-state index contributed by atoms with van der Waals surface area (Å²) in [6.45, 7) is 9.14. The van der Waals surface area contributed by atoms with Crippen LogP contribution in [-0.4, -0.2) is 78.7 Å². The standard InChI is InChI=1S/C30H47N3O8/c1-4-5-6-7-8-9-10-13-20-37-22-30-27(40-29(2,3)41-30)26(25(39-30)21-32-18-11-12-19-32)38-28(34)31-23-14-16-24(17-15-23)33(35)36/h14-17,25-27H,4-13,18-22H2,1-3H3,(H,31,34). The van der Waals surface area contributed by atoms with Crippen LogP contribution in [0.5, 0.6) is 0 Å². The Balaban J connectivity index is 1.37. The predicted molar refractivity (Wildman–Crippen MR) is 154 cm³/mol. The molecule has 1 N–H and O–H groups in total. The molecule has 4 atom stereocenters. The van der Waals surface area contributed by atoms with E-state index < -0.39 is 40.9 Å². The maximum absolute atomic E-state index is 13.0. The van der Waals surface area contributed by atoms with E-state index in [1.165, 1.54) is 62.8 Å². The van der Waals surface area contributed by atoms with Gasteiger partial charge >= 0.3 is 6.09 Å². The van der Waals surface area contributed by atoms with Gasteiger partial charge in [0.25, 0.3) is 5.69 Å². The van der Waals surface area contributed by atoms with E-state index in [2.05, 4.69) is 17.1 Å². The molecule has 3 aliphatic rings. The van der Waals surface area contributed by atoms with Crippen LogP contribution in [0.4, 0.5) is 16.2 Å². The molecule has 0 spiro atoms. The third kappa shape index (κ3) is 8.84. The number of likely N-dealkylation sites (tertiary alicyclic amines) is 1. The summed E-state index contributed by atoms with van der Waals surface area (Å²) in [5.41, 5.74) is 0.328. The van der Waals surface area contributed by atoms with Crippen molar-refractivity contribution in [2.24, 2.45) is 0 Å². The molecule has 1 amide bonds. The second-order valence-electron chi connectivity index (χ2n) is 11.8. The van der Waals surface area contributed by atoms with Gasteiger partial charge in [-0.05, 0) is 58.3 Å². The maximum Gasteiger partial charge on any atom is 0.412 e. The molecule has 3 fully saturated rings. The summed E-state index contributed by atoms with van der Waals surface area (Å²) in [6, 6.07) is 5.59. The number of unbranched alkanes of at least 4 members (excludes halogenated alkanes) is 7. The Hall–Kier alpha value is -2.31. The van der Waals surface area contributed by atoms with Crippen LogP contribution in [0.15, 0.2) is 24.3 Å². The molecular weight excluding hydrogens is 530 g/mol. The summed E-state index contributed by atoms with van der Waals surface area (Å²) in [5, 5.41) is 13.6. The van der Waals surface area contributed by atoms with Gasteiger partial charge in [-0.2, -0.15) is 0 Å². The monoisotopic (exact) mass is 577 g/mol. The third-order valence-corrected chi connectivity index (χ3v) is 7.93. The highest BCUT2D eigenvalue weighted by molar-refractivity contribution is 5.84. The smallest absolute Gasteiger partial charge is 0.412 e. The number of nitro groups is 1. The first-order chi connectivity index (χ1) is 19.7. The number of non-ortho nitro benzene ring substituents is 1. The molecule has 11 heteroatoms. The molecule has 4 rings (SSSR count). The van der Waals surface area contributed by atoms with Gasteiger partial charge in [-0.15, -0.1) is 0 Å². The highest BCUT2D eigenvalue weighted by atomic mass is 16.9. The number of anilines is 1. The van der Waals surface area contributed by atoms with Crippen molar-refractivity contribution in [3.05, 3.63) is 34.4 Å². The number of ether oxygens (including phenoxy) is 5. The molecular formula is C30H47N3O8. The second-order valence-corrected chi connectivity index (χ2v) is 11.8. The molecule has 3 saturated heterocycles. The molecule has 1 aromatic carbocycles. The maximum atomic E-state index is 13.0. The van der Waals surface area contributed by atoms with Crippen LogP contribution >= 0.6 is 0 Å². The van der Waals surface area contributed by atoms with E-state index in [0.717, 1.165) is 38.8 Å². The van der Waals surface area contributed by atoms with Crippen LogP contribution < -0.4 is 5.32 Å². The predicted octanol–water partition coefficient (Wildman–Crippen LogP) is 6.01. The summed E-state index contributed by atoms with van der Waals surface area (Å²) in [5.74, 6) is -2.13. The average Bonchev–Trinajstić information content (AvgIpc) is 3.59. The number of fused-ring (bicyclic) bond motifs is 1. The molecule has 0 radical (unpaired) electrons. The molecule has 4 unspecified atom stereocenters. The fourth-order valence-corrected chi connectivity index (χ4v) is 5.95. The lowest BCUT2D eigenvalue weighted by Crippen LogP contribution is -2.46. The van der Waals surface area contributed by atoms with Gasteiger partial charge in [-0.1, -0.05) is 51.9 Å². The quantitative estimate of drug-likeness (QED) is 0.143. The minimum absolute atomic E-state index is 0.0609. The number of carbonyl (C=O) groups excluding carboxylic acids is 1. The first kappa shape index (κ1) is 31.6. The molecule has 0 saturated carbocycles. The molecule has 0 aliphatic carbocycles. The minimum Gasteiger partial charge on any atom is -0.440 e. The van der Waals surface area contributed by atoms with Crippen molar-refractivity contribution in [1.29, 1.82) is 0 Å². The van der Waals surface area contributed by atoms with Crippen LogP contribution in [0.25, 0.3) is 0 Å². The van der Waals surface area contributed by atoms with Crippen molar-refractivity contribution < 1.29 is 33.4 Å². The van der Waals surface area contributed by atoms with Gasteiger partial charge in [-0.3, -0.25) is 15.4 Å². The highest BCUT2D eigenvalue weighted by Gasteiger charge is 2.66. The zero-order valence-corrected chi connectivity index (χ0v) is 24.8. The molecule has 0 aromatic heterocycles. The van der Waals surface area contributed by atoms with Crippen LogP contribution in [0.2, 0.25) is 0 Å². The zero-order valence-electron chi connectivity index (χ0n) is 24.8. The summed E-state index contributed by atoms with van der Waals surface area (Å²) in [6.07, 6.45) is 9.42. The number of nitrogens with zero attached hydrogens (tertiary/aromatic N) is 2. The molecule has 3 aliphatic heterocycles. The van der Waals surface area contributed by atoms with Gasteiger partial charge in [0.05, 0.1) is 4.92 Å². The first-order valence-corrected chi connectivity index (χ1v) is 15.3. The summed E-state index contributed by atoms with van der Waals surface area (Å²) >= 11 is 0. The van der Waals surface area contributed by atoms with Crippen LogP contribution in [0.1, 0.15) is 85.0 Å². The number of nitro benzene ring substituents is 1. The van der Waals surface area contributed by atoms with E-state index in [-0.39, 0.29) is 12.3 Å². The summed E-state index contributed by atoms with van der Waals surface area (Å²) < 4.78 is 31.3. The fraction of sp³-hybridized carbons (Fsp3) is 0.767. The Morgan fingerprint density at radius 3 is 2.37 bits per heavy atom. The molecule has 230 valence electrons. The molecule has 41 heavy (non-hydrogen) atoms. The number of hydrogen-bond acceptors (Lipinski definition) is 9. The van der Waals surface area contributed by atoms with Crippen molar-refractivity contribution in [3.8, 4) is 0 Å². The number of carbonyl (C=O) groups is 1. The van der Waals surface area contributed by atoms with Gasteiger partial charge in [0.1, 0.15) is 12.7 Å². The number of amides is 1. The van der Waals surface area contributed by atoms with E-state index in [1.54, 1.807) is 0 Å². The lowest BCUT2D eigenvalue weighted by molar-refractivity contribution is -0.384. The second kappa shape index (κ2) is 14.7. The van der Waals surface area contributed by atoms with Crippen LogP contribution in [0, 0.1) is 10.1 Å². The van der Waals surface area contributed by atoms with E-state index >= 15 is 0 Å². The molecule has 3 heterocycles. The van der Waals surface area contributed by atoms with Crippen molar-refractivity contribution in [3.63, 3.8) is 0 Å². The van der Waals surface area contributed by atoms with Gasteiger partial charge in [0.15, 0.2) is 18.0 Å². The SMILES string of the molecule is CCCCCCCCCCOCC12OC(CN3CCCC3)C(OC(=O)Nc3ccc([N+](=O)[O-])cc3)C1OC(C)(C)O2. The van der Waals surface area contributed by atoms with E-state index in [9.17, 15) is 14.9 Å². The number of hydrogen-bond donors (Lipinski definition) is 1. The van der Waals surface area contributed by atoms with E-state index in [1.807, 2.05) is 13.8 Å². The lowest BCUT2D eigenvalue weighted by atomic mass is 10.0. The van der Waals surface area contributed by atoms with Gasteiger partial charge < -0.3 is 28.6 Å². The Labute approximate surface area is 243 Å². The van der Waals surface area contributed by atoms with Crippen molar-refractivity contribution >= 4 is 17.5 Å². The van der Waals surface area contributed by atoms with Gasteiger partial charge in [0.2, 0.25) is 5.79 Å². The van der Waals surface area contributed by atoms with Crippen molar-refractivity contribution in [2.45, 2.75) is 115 Å². The van der Waals surface area contributed by atoms with Crippen molar-refractivity contribution in [2.75, 3.05) is 38.2 Å². The largest absolute Gasteiger partial charge is 0.440 e. The summed E-state index contributed by atoms with van der Waals surface area (Å²) in [7, 11) is 0. The summed E-state index contributed by atoms with van der Waals surface area (Å²) in [4.78, 5) is 25.8. The fourth-order valence-electron chi connectivity index (χ4n) is 5.95. The first-order valence-electron chi connectivity index (χ1n) is 15.3. The lowest BCUT2D eigenvalue weighted by Gasteiger charge is -2.30. The normalized spacial score (nSPS) is 27.1. The van der Waals surface area contributed by atoms with Gasteiger partial charge in [0, 0.05) is 31.0 Å². The molecule has 11 nitrogen and oxygen atoms in total. The Bertz CT molecular complexity index is 984. The molecule has 1 aromatic rings. The highest BCUT2D eigenvalue weighted by Crippen LogP contribution is 2.47. The topological polar surface area (TPSA) is 122 Å². The minimum atomic E-state index is -1.19. The van der Waals surface area contributed by atoms with Crippen LogP contribution in [0.3, 0.4) is 0 Å². The average molecular weight is 578 g/mol. The van der Waals surface area contributed by atoms with Crippen LogP contribution in [-0.2, 0) is 23.7 Å². The molecule has 0 bridgehead atoms. The third-order valence-electron chi connectivity index (χ3n) is 7.93. The number of benzene rings is 1.